The molecule has 0 saturated heterocycles. The van der Waals surface area contributed by atoms with Crippen molar-refractivity contribution in [2.75, 3.05) is 0 Å². The van der Waals surface area contributed by atoms with E-state index in [9.17, 15) is 35.1 Å². The molecule has 0 amide bonds. The minimum absolute atomic E-state index is 0. The van der Waals surface area contributed by atoms with Gasteiger partial charge in [0.2, 0.25) is 0 Å². The molecule has 0 radical (unpaired) electrons. The molecule has 0 aliphatic heterocycles. The Balaban J connectivity index is 0.000000186. The van der Waals surface area contributed by atoms with Crippen molar-refractivity contribution in [3.63, 3.8) is 0 Å². The molecule has 18 heteroatoms. The van der Waals surface area contributed by atoms with Gasteiger partial charge in [0.05, 0.1) is 11.4 Å². The molecule has 6 rings (SSSR count). The smallest absolute Gasteiger partial charge is 0.413 e. The number of nitrogens with zero attached hydrogens (tertiary/aromatic N) is 9. The van der Waals surface area contributed by atoms with Gasteiger partial charge in [0.1, 0.15) is 11.6 Å². The molecule has 6 aromatic rings. The molecule has 0 spiro atoms. The molecule has 0 saturated carbocycles. The molecule has 9 nitrogen and oxygen atoms in total. The van der Waals surface area contributed by atoms with Crippen LogP contribution in [0.3, 0.4) is 0 Å². The van der Waals surface area contributed by atoms with Gasteiger partial charge in [-0.25, -0.2) is 0 Å². The zero-order chi connectivity index (χ0) is 32.6. The molecular formula is C28H16F8IrN9. The van der Waals surface area contributed by atoms with Gasteiger partial charge in [-0.15, -0.1) is 12.1 Å². The van der Waals surface area contributed by atoms with Gasteiger partial charge in [-0.2, -0.15) is 26.3 Å². The Morgan fingerprint density at radius 2 is 1.15 bits per heavy atom. The van der Waals surface area contributed by atoms with Crippen LogP contribution in [0.1, 0.15) is 17.2 Å². The summed E-state index contributed by atoms with van der Waals surface area (Å²) in [4.78, 5) is 18.1. The Morgan fingerprint density at radius 3 is 1.54 bits per heavy atom. The zero-order valence-electron chi connectivity index (χ0n) is 22.9. The monoisotopic (exact) mass is 823 g/mol. The average molecular weight is 823 g/mol. The molecule has 0 unspecified atom stereocenters. The summed E-state index contributed by atoms with van der Waals surface area (Å²) in [7, 11) is 0. The van der Waals surface area contributed by atoms with Crippen molar-refractivity contribution in [2.24, 2.45) is 0 Å². The van der Waals surface area contributed by atoms with Gasteiger partial charge in [0, 0.05) is 30.2 Å². The third kappa shape index (κ3) is 9.77. The maximum atomic E-state index is 13.4. The molecule has 0 aliphatic carbocycles. The fraction of sp³-hybridized carbons (Fsp3) is 0.107. The summed E-state index contributed by atoms with van der Waals surface area (Å²) in [5, 5.41) is 12.5. The van der Waals surface area contributed by atoms with Crippen LogP contribution in [0.4, 0.5) is 35.1 Å². The van der Waals surface area contributed by atoms with E-state index in [4.69, 9.17) is 0 Å². The van der Waals surface area contributed by atoms with Gasteiger partial charge in [-0.3, -0.25) is 28.9 Å². The third-order valence-electron chi connectivity index (χ3n) is 5.23. The van der Waals surface area contributed by atoms with Gasteiger partial charge in [0.25, 0.3) is 0 Å². The van der Waals surface area contributed by atoms with Crippen LogP contribution in [0.5, 0.6) is 0 Å². The van der Waals surface area contributed by atoms with E-state index in [2.05, 4.69) is 51.4 Å². The van der Waals surface area contributed by atoms with Crippen LogP contribution >= 0.6 is 0 Å². The summed E-state index contributed by atoms with van der Waals surface area (Å²) in [5.74, 6) is -4.02. The van der Waals surface area contributed by atoms with Crippen molar-refractivity contribution in [1.82, 2.24) is 45.3 Å². The number of hydrogen-bond acceptors (Lipinski definition) is 7. The van der Waals surface area contributed by atoms with E-state index in [-0.39, 0.29) is 48.7 Å². The maximum absolute atomic E-state index is 13.4. The first-order valence-corrected chi connectivity index (χ1v) is 12.3. The molecule has 0 atom stereocenters. The van der Waals surface area contributed by atoms with Gasteiger partial charge in [0.15, 0.2) is 0 Å². The van der Waals surface area contributed by atoms with Gasteiger partial charge < -0.3 is 25.1 Å². The number of hydrogen-bond donors (Lipinski definition) is 0. The quantitative estimate of drug-likeness (QED) is 0.153. The molecule has 0 bridgehead atoms. The summed E-state index contributed by atoms with van der Waals surface area (Å²) in [6.07, 6.45) is -4.67. The van der Waals surface area contributed by atoms with Crippen LogP contribution in [0, 0.1) is 24.6 Å². The van der Waals surface area contributed by atoms with E-state index in [0.717, 1.165) is 17.7 Å². The Kier molecular flexibility index (Phi) is 11.9. The van der Waals surface area contributed by atoms with Crippen molar-refractivity contribution in [2.45, 2.75) is 19.3 Å². The molecule has 5 aromatic heterocycles. The van der Waals surface area contributed by atoms with Gasteiger partial charge >= 0.3 is 32.5 Å². The van der Waals surface area contributed by atoms with Crippen LogP contribution in [-0.2, 0) is 32.5 Å². The maximum Gasteiger partial charge on any atom is 3.00 e. The first kappa shape index (κ1) is 35.5. The number of rotatable bonds is 3. The third-order valence-corrected chi connectivity index (χ3v) is 5.23. The number of aromatic nitrogens is 9. The first-order valence-electron chi connectivity index (χ1n) is 12.3. The number of alkyl halides is 6. The van der Waals surface area contributed by atoms with E-state index >= 15 is 0 Å². The summed E-state index contributed by atoms with van der Waals surface area (Å²) >= 11 is 0. The average Bonchev–Trinajstić information content (AvgIpc) is 3.70. The molecule has 0 fully saturated rings. The number of benzene rings is 1. The van der Waals surface area contributed by atoms with Crippen molar-refractivity contribution in [3.05, 3.63) is 114 Å². The molecule has 0 N–H and O–H groups in total. The Labute approximate surface area is 268 Å². The standard InChI is InChI=1S/C12H8F2N.2C8H4F3N4.Ir/c1-8-4-5-15-12(6-8)10-3-2-9(13)7-11(10)14;2*9-8(10,11)7-13-6(14-15-7)5-3-1-2-4-12-5;/h2,4-7H,1H3;2*1-4H;/q3*-1;+3. The van der Waals surface area contributed by atoms with E-state index in [1.807, 2.05) is 13.0 Å². The van der Waals surface area contributed by atoms with E-state index in [0.29, 0.717) is 5.69 Å². The summed E-state index contributed by atoms with van der Waals surface area (Å²) in [6, 6.07) is 17.6. The Bertz CT molecular complexity index is 1740. The largest absolute Gasteiger partial charge is 3.00 e. The number of aryl methyl sites for hydroxylation is 1. The molecule has 1 aromatic carbocycles. The Hall–Kier alpha value is -4.96. The van der Waals surface area contributed by atoms with Gasteiger partial charge in [-0.05, 0) is 54.6 Å². The summed E-state index contributed by atoms with van der Waals surface area (Å²) in [6.45, 7) is 1.88. The normalized spacial score (nSPS) is 11.0. The fourth-order valence-electron chi connectivity index (χ4n) is 3.24. The summed E-state index contributed by atoms with van der Waals surface area (Å²) < 4.78 is 98.8. The SMILES string of the molecule is Cc1ccnc(-c2[c-]cc(F)cc2F)c1.FC(F)(F)c1n[n-]c(-c2ccccn2)n1.FC(F)(F)c1n[n-]c(-c2ccccn2)n1.[Ir+3]. The fourth-order valence-corrected chi connectivity index (χ4v) is 3.24. The first-order chi connectivity index (χ1) is 21.3. The van der Waals surface area contributed by atoms with E-state index < -0.39 is 35.6 Å². The molecule has 46 heavy (non-hydrogen) atoms. The zero-order valence-corrected chi connectivity index (χ0v) is 25.3. The summed E-state index contributed by atoms with van der Waals surface area (Å²) in [5.41, 5.74) is 2.16. The number of pyridine rings is 3. The van der Waals surface area contributed by atoms with Crippen molar-refractivity contribution in [3.8, 4) is 34.3 Å². The van der Waals surface area contributed by atoms with Crippen LogP contribution < -0.4 is 10.2 Å². The van der Waals surface area contributed by atoms with E-state index in [1.165, 1.54) is 24.5 Å². The van der Waals surface area contributed by atoms with Crippen LogP contribution in [0.2, 0.25) is 0 Å². The van der Waals surface area contributed by atoms with Crippen molar-refractivity contribution in [1.29, 1.82) is 0 Å². The topological polar surface area (TPSA) is 118 Å². The molecular weight excluding hydrogens is 807 g/mol. The van der Waals surface area contributed by atoms with Crippen molar-refractivity contribution < 1.29 is 55.2 Å². The Morgan fingerprint density at radius 1 is 0.652 bits per heavy atom. The molecule has 5 heterocycles. The minimum Gasteiger partial charge on any atom is -0.413 e. The van der Waals surface area contributed by atoms with E-state index in [1.54, 1.807) is 36.5 Å². The predicted molar refractivity (Wildman–Crippen MR) is 140 cm³/mol. The molecule has 238 valence electrons. The predicted octanol–water partition coefficient (Wildman–Crippen LogP) is 6.16. The second kappa shape index (κ2) is 15.4. The second-order valence-electron chi connectivity index (χ2n) is 8.60. The number of halogens is 8. The van der Waals surface area contributed by atoms with Crippen LogP contribution in [0.15, 0.2) is 79.3 Å². The van der Waals surface area contributed by atoms with Gasteiger partial charge in [-0.1, -0.05) is 35.4 Å². The van der Waals surface area contributed by atoms with Crippen molar-refractivity contribution >= 4 is 0 Å². The minimum atomic E-state index is -4.57. The molecule has 0 aliphatic rings. The second-order valence-corrected chi connectivity index (χ2v) is 8.60. The van der Waals surface area contributed by atoms with Crippen LogP contribution in [0.25, 0.3) is 34.3 Å². The van der Waals surface area contributed by atoms with Crippen LogP contribution in [-0.4, -0.2) is 35.1 Å².